The number of aromatic amines is 1. The van der Waals surface area contributed by atoms with Gasteiger partial charge >= 0.3 is 0 Å². The topological polar surface area (TPSA) is 53.6 Å². The van der Waals surface area contributed by atoms with E-state index in [9.17, 15) is 0 Å². The van der Waals surface area contributed by atoms with Crippen molar-refractivity contribution < 1.29 is 0 Å². The lowest BCUT2D eigenvalue weighted by Crippen LogP contribution is -2.20. The monoisotopic (exact) mass is 218 g/mol. The maximum atomic E-state index is 4.52. The minimum absolute atomic E-state index is 0.383. The Hall–Kier alpha value is -1.42. The van der Waals surface area contributed by atoms with E-state index < -0.39 is 0 Å². The Morgan fingerprint density at radius 3 is 3.00 bits per heavy atom. The highest BCUT2D eigenvalue weighted by molar-refractivity contribution is 5.74. The van der Waals surface area contributed by atoms with Gasteiger partial charge in [-0.3, -0.25) is 0 Å². The van der Waals surface area contributed by atoms with Crippen LogP contribution < -0.4 is 5.32 Å². The number of rotatable bonds is 4. The van der Waals surface area contributed by atoms with Crippen LogP contribution >= 0.6 is 0 Å². The third kappa shape index (κ3) is 2.07. The highest BCUT2D eigenvalue weighted by atomic mass is 15.0. The number of hydrogen-bond donors (Lipinski definition) is 2. The summed E-state index contributed by atoms with van der Waals surface area (Å²) in [5.41, 5.74) is 3.07. The molecule has 2 aromatic heterocycles. The van der Waals surface area contributed by atoms with Crippen molar-refractivity contribution >= 4 is 11.2 Å². The lowest BCUT2D eigenvalue weighted by atomic mass is 10.2. The Morgan fingerprint density at radius 2 is 2.31 bits per heavy atom. The van der Waals surface area contributed by atoms with E-state index in [-0.39, 0.29) is 0 Å². The number of imidazole rings is 1. The number of nitrogens with zero attached hydrogens (tertiary/aromatic N) is 2. The molecule has 0 aliphatic carbocycles. The first-order valence-corrected chi connectivity index (χ1v) is 5.74. The number of fused-ring (bicyclic) bond motifs is 1. The van der Waals surface area contributed by atoms with Crippen LogP contribution in [0.25, 0.3) is 11.2 Å². The minimum atomic E-state index is 0.383. The standard InChI is InChI=1S/C12H18N4/c1-4-13-7-9(3)11-15-10-8(2)5-6-14-12(10)16-11/h5-6,9,13H,4,7H2,1-3H3,(H,14,15,16). The van der Waals surface area contributed by atoms with Gasteiger partial charge in [-0.1, -0.05) is 13.8 Å². The second kappa shape index (κ2) is 4.61. The molecule has 0 fully saturated rings. The van der Waals surface area contributed by atoms with Crippen LogP contribution in [-0.2, 0) is 0 Å². The zero-order valence-electron chi connectivity index (χ0n) is 10.0. The Balaban J connectivity index is 2.29. The summed E-state index contributed by atoms with van der Waals surface area (Å²) in [5.74, 6) is 1.39. The number of pyridine rings is 1. The molecule has 0 aliphatic rings. The van der Waals surface area contributed by atoms with E-state index >= 15 is 0 Å². The average molecular weight is 218 g/mol. The fourth-order valence-corrected chi connectivity index (χ4v) is 1.74. The maximum absolute atomic E-state index is 4.52. The third-order valence-corrected chi connectivity index (χ3v) is 2.79. The highest BCUT2D eigenvalue weighted by Gasteiger charge is 2.11. The molecule has 0 radical (unpaired) electrons. The van der Waals surface area contributed by atoms with Gasteiger partial charge in [0.1, 0.15) is 5.82 Å². The normalized spacial score (nSPS) is 13.2. The van der Waals surface area contributed by atoms with E-state index in [1.165, 1.54) is 5.56 Å². The second-order valence-electron chi connectivity index (χ2n) is 4.16. The molecule has 0 amide bonds. The molecule has 1 atom stereocenters. The van der Waals surface area contributed by atoms with Gasteiger partial charge in [0.15, 0.2) is 5.65 Å². The van der Waals surface area contributed by atoms with Gasteiger partial charge in [0, 0.05) is 18.7 Å². The van der Waals surface area contributed by atoms with Gasteiger partial charge in [0.05, 0.1) is 5.52 Å². The summed E-state index contributed by atoms with van der Waals surface area (Å²) in [6, 6.07) is 2.00. The van der Waals surface area contributed by atoms with Crippen molar-refractivity contribution in [3.63, 3.8) is 0 Å². The van der Waals surface area contributed by atoms with Crippen molar-refractivity contribution in [2.24, 2.45) is 0 Å². The van der Waals surface area contributed by atoms with Crippen LogP contribution in [0, 0.1) is 6.92 Å². The Labute approximate surface area is 95.5 Å². The average Bonchev–Trinajstić information content (AvgIpc) is 2.71. The summed E-state index contributed by atoms with van der Waals surface area (Å²) in [6.45, 7) is 8.27. The zero-order chi connectivity index (χ0) is 11.5. The van der Waals surface area contributed by atoms with E-state index in [0.717, 1.165) is 30.1 Å². The number of likely N-dealkylation sites (N-methyl/N-ethyl adjacent to an activating group) is 1. The van der Waals surface area contributed by atoms with Gasteiger partial charge < -0.3 is 10.3 Å². The first-order chi connectivity index (χ1) is 7.72. The Morgan fingerprint density at radius 1 is 1.50 bits per heavy atom. The molecule has 2 rings (SSSR count). The highest BCUT2D eigenvalue weighted by Crippen LogP contribution is 2.17. The third-order valence-electron chi connectivity index (χ3n) is 2.79. The molecule has 0 saturated heterocycles. The molecule has 4 nitrogen and oxygen atoms in total. The van der Waals surface area contributed by atoms with Crippen LogP contribution in [0.1, 0.15) is 31.2 Å². The largest absolute Gasteiger partial charge is 0.340 e. The van der Waals surface area contributed by atoms with Crippen molar-refractivity contribution in [2.45, 2.75) is 26.7 Å². The van der Waals surface area contributed by atoms with Gasteiger partial charge in [0.25, 0.3) is 0 Å². The van der Waals surface area contributed by atoms with E-state index in [2.05, 4.69) is 41.0 Å². The zero-order valence-corrected chi connectivity index (χ0v) is 10.0. The van der Waals surface area contributed by atoms with Crippen LogP contribution in [0.5, 0.6) is 0 Å². The van der Waals surface area contributed by atoms with E-state index in [4.69, 9.17) is 0 Å². The first-order valence-electron chi connectivity index (χ1n) is 5.74. The molecule has 0 spiro atoms. The van der Waals surface area contributed by atoms with Gasteiger partial charge in [0.2, 0.25) is 0 Å². The molecular weight excluding hydrogens is 200 g/mol. The first kappa shape index (κ1) is 11.1. The molecular formula is C12H18N4. The molecule has 1 unspecified atom stereocenters. The summed E-state index contributed by atoms with van der Waals surface area (Å²) in [7, 11) is 0. The van der Waals surface area contributed by atoms with Crippen LogP contribution in [0.2, 0.25) is 0 Å². The molecule has 4 heteroatoms. The van der Waals surface area contributed by atoms with Gasteiger partial charge in [-0.2, -0.15) is 0 Å². The smallest absolute Gasteiger partial charge is 0.177 e. The van der Waals surface area contributed by atoms with Gasteiger partial charge in [-0.05, 0) is 25.1 Å². The van der Waals surface area contributed by atoms with Crippen molar-refractivity contribution in [1.29, 1.82) is 0 Å². The lowest BCUT2D eigenvalue weighted by Gasteiger charge is -2.07. The van der Waals surface area contributed by atoms with Crippen LogP contribution in [-0.4, -0.2) is 28.0 Å². The SMILES string of the molecule is CCNCC(C)c1nc2nccc(C)c2[nH]1. The number of hydrogen-bond acceptors (Lipinski definition) is 3. The number of aryl methyl sites for hydroxylation is 1. The molecule has 2 aromatic rings. The van der Waals surface area contributed by atoms with Crippen molar-refractivity contribution in [3.05, 3.63) is 23.7 Å². The predicted octanol–water partition coefficient (Wildman–Crippen LogP) is 1.98. The minimum Gasteiger partial charge on any atom is -0.340 e. The Bertz CT molecular complexity index is 475. The predicted molar refractivity (Wildman–Crippen MR) is 65.6 cm³/mol. The van der Waals surface area contributed by atoms with Gasteiger partial charge in [-0.15, -0.1) is 0 Å². The van der Waals surface area contributed by atoms with E-state index in [1.807, 2.05) is 6.07 Å². The molecule has 2 N–H and O–H groups in total. The Kier molecular flexibility index (Phi) is 3.19. The second-order valence-corrected chi connectivity index (χ2v) is 4.16. The summed E-state index contributed by atoms with van der Waals surface area (Å²) >= 11 is 0. The molecule has 0 saturated carbocycles. The van der Waals surface area contributed by atoms with Gasteiger partial charge in [-0.25, -0.2) is 9.97 Å². The van der Waals surface area contributed by atoms with Crippen molar-refractivity contribution in [3.8, 4) is 0 Å². The molecule has 2 heterocycles. The fourth-order valence-electron chi connectivity index (χ4n) is 1.74. The van der Waals surface area contributed by atoms with Crippen LogP contribution in [0.4, 0.5) is 0 Å². The van der Waals surface area contributed by atoms with Crippen LogP contribution in [0.3, 0.4) is 0 Å². The van der Waals surface area contributed by atoms with E-state index in [0.29, 0.717) is 5.92 Å². The summed E-state index contributed by atoms with van der Waals surface area (Å²) < 4.78 is 0. The number of nitrogens with one attached hydrogen (secondary N) is 2. The molecule has 0 aromatic carbocycles. The number of aromatic nitrogens is 3. The summed E-state index contributed by atoms with van der Waals surface area (Å²) in [5, 5.41) is 3.33. The molecule has 0 bridgehead atoms. The van der Waals surface area contributed by atoms with Crippen LogP contribution in [0.15, 0.2) is 12.3 Å². The van der Waals surface area contributed by atoms with Crippen molar-refractivity contribution in [1.82, 2.24) is 20.3 Å². The molecule has 16 heavy (non-hydrogen) atoms. The van der Waals surface area contributed by atoms with Crippen molar-refractivity contribution in [2.75, 3.05) is 13.1 Å². The fraction of sp³-hybridized carbons (Fsp3) is 0.500. The summed E-state index contributed by atoms with van der Waals surface area (Å²) in [6.07, 6.45) is 1.80. The summed E-state index contributed by atoms with van der Waals surface area (Å²) in [4.78, 5) is 12.1. The number of H-pyrrole nitrogens is 1. The quantitative estimate of drug-likeness (QED) is 0.825. The molecule has 0 aliphatic heterocycles. The molecule has 86 valence electrons. The maximum Gasteiger partial charge on any atom is 0.177 e. The van der Waals surface area contributed by atoms with E-state index in [1.54, 1.807) is 6.20 Å². The lowest BCUT2D eigenvalue weighted by molar-refractivity contribution is 0.614.